The molecule has 0 bridgehead atoms. The molecule has 0 aliphatic carbocycles. The minimum absolute atomic E-state index is 0.00542. The second-order valence-electron chi connectivity index (χ2n) is 7.04. The van der Waals surface area contributed by atoms with Gasteiger partial charge in [-0.2, -0.15) is 4.31 Å². The molecule has 28 heavy (non-hydrogen) atoms. The molecular weight excluding hydrogens is 382 g/mol. The molecular formula is C18H23N5O4S. The lowest BCUT2D eigenvalue weighted by Gasteiger charge is -2.32. The van der Waals surface area contributed by atoms with Crippen LogP contribution in [0.25, 0.3) is 0 Å². The molecule has 0 spiro atoms. The van der Waals surface area contributed by atoms with Gasteiger partial charge >= 0.3 is 0 Å². The zero-order chi connectivity index (χ0) is 19.6. The molecule has 2 aliphatic rings. The largest absolute Gasteiger partial charge is 0.438 e. The van der Waals surface area contributed by atoms with Gasteiger partial charge in [0, 0.05) is 44.6 Å². The van der Waals surface area contributed by atoms with Crippen LogP contribution in [0.1, 0.15) is 36.2 Å². The van der Waals surface area contributed by atoms with Crippen LogP contribution in [0, 0.1) is 0 Å². The van der Waals surface area contributed by atoms with Gasteiger partial charge in [-0.3, -0.25) is 4.79 Å². The predicted molar refractivity (Wildman–Crippen MR) is 101 cm³/mol. The van der Waals surface area contributed by atoms with Gasteiger partial charge in [0.1, 0.15) is 0 Å². The van der Waals surface area contributed by atoms with Crippen LogP contribution in [0.3, 0.4) is 0 Å². The molecule has 0 aromatic carbocycles. The first-order valence-corrected chi connectivity index (χ1v) is 10.9. The standard InChI is InChI=1S/C18H23N5O4S/c24-17(15-6-7-16(27-15)28(25,26)23-11-1-2-12-23)21-14-5-3-10-22(13-14)18-19-8-4-9-20-18/h4,6-9,14H,1-3,5,10-13H2,(H,21,24)/t14-/m1/s1. The molecule has 10 heteroatoms. The Morgan fingerprint density at radius 3 is 2.61 bits per heavy atom. The van der Waals surface area contributed by atoms with E-state index in [1.54, 1.807) is 18.5 Å². The Labute approximate surface area is 163 Å². The maximum Gasteiger partial charge on any atom is 0.287 e. The normalized spacial score (nSPS) is 21.0. The zero-order valence-corrected chi connectivity index (χ0v) is 16.3. The quantitative estimate of drug-likeness (QED) is 0.797. The van der Waals surface area contributed by atoms with Crippen molar-refractivity contribution >= 4 is 21.9 Å². The van der Waals surface area contributed by atoms with Crippen molar-refractivity contribution < 1.29 is 17.6 Å². The van der Waals surface area contributed by atoms with Crippen LogP contribution in [-0.4, -0.2) is 60.8 Å². The highest BCUT2D eigenvalue weighted by molar-refractivity contribution is 7.89. The molecule has 2 aromatic rings. The van der Waals surface area contributed by atoms with E-state index in [0.717, 1.165) is 32.2 Å². The molecule has 4 rings (SSSR count). The zero-order valence-electron chi connectivity index (χ0n) is 15.5. The third-order valence-electron chi connectivity index (χ3n) is 5.06. The van der Waals surface area contributed by atoms with Crippen LogP contribution < -0.4 is 10.2 Å². The fraction of sp³-hybridized carbons (Fsp3) is 0.500. The van der Waals surface area contributed by atoms with Crippen LogP contribution in [0.4, 0.5) is 5.95 Å². The molecule has 2 fully saturated rings. The average molecular weight is 405 g/mol. The Hall–Kier alpha value is -2.46. The van der Waals surface area contributed by atoms with Gasteiger partial charge in [-0.1, -0.05) is 0 Å². The highest BCUT2D eigenvalue weighted by Gasteiger charge is 2.31. The minimum Gasteiger partial charge on any atom is -0.438 e. The fourth-order valence-corrected chi connectivity index (χ4v) is 5.05. The van der Waals surface area contributed by atoms with Gasteiger partial charge in [0.05, 0.1) is 0 Å². The summed E-state index contributed by atoms with van der Waals surface area (Å²) in [6.07, 6.45) is 6.79. The van der Waals surface area contributed by atoms with Crippen molar-refractivity contribution in [2.75, 3.05) is 31.1 Å². The summed E-state index contributed by atoms with van der Waals surface area (Å²) in [4.78, 5) is 23.1. The Morgan fingerprint density at radius 1 is 1.11 bits per heavy atom. The Bertz CT molecular complexity index is 924. The number of aromatic nitrogens is 2. The van der Waals surface area contributed by atoms with Gasteiger partial charge in [-0.15, -0.1) is 0 Å². The summed E-state index contributed by atoms with van der Waals surface area (Å²) < 4.78 is 31.9. The van der Waals surface area contributed by atoms with Crippen LogP contribution in [0.2, 0.25) is 0 Å². The van der Waals surface area contributed by atoms with E-state index in [9.17, 15) is 13.2 Å². The van der Waals surface area contributed by atoms with E-state index < -0.39 is 15.9 Å². The molecule has 1 N–H and O–H groups in total. The highest BCUT2D eigenvalue weighted by Crippen LogP contribution is 2.23. The van der Waals surface area contributed by atoms with Crippen LogP contribution in [-0.2, 0) is 10.0 Å². The summed E-state index contributed by atoms with van der Waals surface area (Å²) in [6, 6.07) is 4.44. The molecule has 150 valence electrons. The van der Waals surface area contributed by atoms with E-state index >= 15 is 0 Å². The van der Waals surface area contributed by atoms with E-state index in [-0.39, 0.29) is 16.9 Å². The average Bonchev–Trinajstić information content (AvgIpc) is 3.41. The van der Waals surface area contributed by atoms with Crippen molar-refractivity contribution in [3.05, 3.63) is 36.4 Å². The number of hydrogen-bond donors (Lipinski definition) is 1. The SMILES string of the molecule is O=C(N[C@@H]1CCCN(c2ncccn2)C1)c1ccc(S(=O)(=O)N2CCCC2)o1. The van der Waals surface area contributed by atoms with E-state index in [2.05, 4.69) is 15.3 Å². The van der Waals surface area contributed by atoms with Crippen LogP contribution in [0.5, 0.6) is 0 Å². The van der Waals surface area contributed by atoms with E-state index in [0.29, 0.717) is 25.6 Å². The molecule has 2 aromatic heterocycles. The van der Waals surface area contributed by atoms with E-state index in [1.807, 2.05) is 4.90 Å². The van der Waals surface area contributed by atoms with Crippen molar-refractivity contribution in [1.29, 1.82) is 0 Å². The number of hydrogen-bond acceptors (Lipinski definition) is 7. The maximum absolute atomic E-state index is 12.6. The lowest BCUT2D eigenvalue weighted by atomic mass is 10.1. The summed E-state index contributed by atoms with van der Waals surface area (Å²) >= 11 is 0. The smallest absolute Gasteiger partial charge is 0.287 e. The van der Waals surface area contributed by atoms with Gasteiger partial charge < -0.3 is 14.6 Å². The number of nitrogens with zero attached hydrogens (tertiary/aromatic N) is 4. The minimum atomic E-state index is -3.67. The second kappa shape index (κ2) is 7.88. The molecule has 4 heterocycles. The Kier molecular flexibility index (Phi) is 5.31. The molecule has 2 aliphatic heterocycles. The highest BCUT2D eigenvalue weighted by atomic mass is 32.2. The third-order valence-corrected chi connectivity index (χ3v) is 6.83. The first kappa shape index (κ1) is 18.9. The summed E-state index contributed by atoms with van der Waals surface area (Å²) in [6.45, 7) is 2.40. The number of rotatable bonds is 5. The molecule has 0 radical (unpaired) electrons. The summed E-state index contributed by atoms with van der Waals surface area (Å²) in [7, 11) is -3.67. The van der Waals surface area contributed by atoms with Crippen molar-refractivity contribution in [3.8, 4) is 0 Å². The van der Waals surface area contributed by atoms with E-state index in [4.69, 9.17) is 4.42 Å². The number of anilines is 1. The van der Waals surface area contributed by atoms with Crippen LogP contribution >= 0.6 is 0 Å². The monoisotopic (exact) mass is 405 g/mol. The number of carbonyl (C=O) groups is 1. The number of nitrogens with one attached hydrogen (secondary N) is 1. The molecule has 2 saturated heterocycles. The topological polar surface area (TPSA) is 109 Å². The van der Waals surface area contributed by atoms with Crippen molar-refractivity contribution in [1.82, 2.24) is 19.6 Å². The fourth-order valence-electron chi connectivity index (χ4n) is 3.62. The molecule has 9 nitrogen and oxygen atoms in total. The number of carbonyl (C=O) groups excluding carboxylic acids is 1. The Balaban J connectivity index is 1.41. The van der Waals surface area contributed by atoms with Gasteiger partial charge in [0.15, 0.2) is 5.76 Å². The number of amides is 1. The van der Waals surface area contributed by atoms with Crippen LogP contribution in [0.15, 0.2) is 40.1 Å². The number of sulfonamides is 1. The summed E-state index contributed by atoms with van der Waals surface area (Å²) in [5.41, 5.74) is 0. The van der Waals surface area contributed by atoms with Gasteiger partial charge in [0.25, 0.3) is 15.9 Å². The van der Waals surface area contributed by atoms with E-state index in [1.165, 1.54) is 16.4 Å². The van der Waals surface area contributed by atoms with Gasteiger partial charge in [-0.25, -0.2) is 18.4 Å². The lowest BCUT2D eigenvalue weighted by Crippen LogP contribution is -2.48. The van der Waals surface area contributed by atoms with Gasteiger partial charge in [0.2, 0.25) is 11.0 Å². The van der Waals surface area contributed by atoms with Gasteiger partial charge in [-0.05, 0) is 43.9 Å². The maximum atomic E-state index is 12.6. The number of piperidine rings is 1. The summed E-state index contributed by atoms with van der Waals surface area (Å²) in [5, 5.41) is 2.75. The molecule has 1 atom stereocenters. The molecule has 1 amide bonds. The first-order valence-electron chi connectivity index (χ1n) is 9.47. The van der Waals surface area contributed by atoms with Crippen molar-refractivity contribution in [3.63, 3.8) is 0 Å². The summed E-state index contributed by atoms with van der Waals surface area (Å²) in [5.74, 6) is 0.230. The van der Waals surface area contributed by atoms with Crippen molar-refractivity contribution in [2.45, 2.75) is 36.8 Å². The Morgan fingerprint density at radius 2 is 1.86 bits per heavy atom. The third kappa shape index (κ3) is 3.88. The molecule has 0 unspecified atom stereocenters. The second-order valence-corrected chi connectivity index (χ2v) is 8.91. The first-order chi connectivity index (χ1) is 13.5. The predicted octanol–water partition coefficient (Wildman–Crippen LogP) is 1.25. The lowest BCUT2D eigenvalue weighted by molar-refractivity contribution is 0.0899. The number of furan rings is 1. The molecule has 0 saturated carbocycles. The van der Waals surface area contributed by atoms with Crippen molar-refractivity contribution in [2.24, 2.45) is 0 Å².